The summed E-state index contributed by atoms with van der Waals surface area (Å²) >= 11 is 0. The van der Waals surface area contributed by atoms with E-state index in [-0.39, 0.29) is 0 Å². The van der Waals surface area contributed by atoms with Gasteiger partial charge in [-0.15, -0.1) is 0 Å². The molecular formula is C16H22F3N3O. The van der Waals surface area contributed by atoms with Crippen molar-refractivity contribution in [2.75, 3.05) is 32.8 Å². The fraction of sp³-hybridized carbons (Fsp3) is 0.562. The van der Waals surface area contributed by atoms with Gasteiger partial charge >= 0.3 is 6.18 Å². The zero-order valence-corrected chi connectivity index (χ0v) is 13.4. The number of nitrogens with two attached hydrogens (primary N) is 1. The number of hydrogen-bond donors (Lipinski definition) is 1. The number of halogens is 3. The molecule has 0 saturated carbocycles. The van der Waals surface area contributed by atoms with Gasteiger partial charge in [0.2, 0.25) is 0 Å². The summed E-state index contributed by atoms with van der Waals surface area (Å²) in [6, 6.07) is 5.37. The Balaban J connectivity index is 2.12. The van der Waals surface area contributed by atoms with Gasteiger partial charge in [0.15, 0.2) is 5.96 Å². The lowest BCUT2D eigenvalue weighted by Gasteiger charge is -2.29. The Morgan fingerprint density at radius 2 is 1.83 bits per heavy atom. The topological polar surface area (TPSA) is 50.8 Å². The number of ether oxygens (including phenoxy) is 1. The summed E-state index contributed by atoms with van der Waals surface area (Å²) in [5, 5.41) is 0. The van der Waals surface area contributed by atoms with Crippen molar-refractivity contribution in [3.05, 3.63) is 35.4 Å². The maximum atomic E-state index is 12.8. The molecule has 0 spiro atoms. The van der Waals surface area contributed by atoms with Gasteiger partial charge in [0.1, 0.15) is 0 Å². The molecular weight excluding hydrogens is 307 g/mol. The number of rotatable bonds is 3. The molecule has 0 aliphatic carbocycles. The van der Waals surface area contributed by atoms with E-state index in [2.05, 4.69) is 4.99 Å². The van der Waals surface area contributed by atoms with Crippen LogP contribution in [0, 0.1) is 0 Å². The summed E-state index contributed by atoms with van der Waals surface area (Å²) in [4.78, 5) is 6.29. The van der Waals surface area contributed by atoms with Crippen LogP contribution in [0.2, 0.25) is 0 Å². The largest absolute Gasteiger partial charge is 0.416 e. The number of nitrogens with zero attached hydrogens (tertiary/aromatic N) is 2. The van der Waals surface area contributed by atoms with Gasteiger partial charge < -0.3 is 15.4 Å². The van der Waals surface area contributed by atoms with Crippen molar-refractivity contribution in [2.45, 2.75) is 25.4 Å². The Labute approximate surface area is 134 Å². The third-order valence-electron chi connectivity index (χ3n) is 3.94. The van der Waals surface area contributed by atoms with Crippen molar-refractivity contribution < 1.29 is 17.9 Å². The Morgan fingerprint density at radius 1 is 1.22 bits per heavy atom. The molecule has 1 aliphatic heterocycles. The van der Waals surface area contributed by atoms with E-state index >= 15 is 0 Å². The predicted molar refractivity (Wildman–Crippen MR) is 83.4 cm³/mol. The normalized spacial score (nSPS) is 17.4. The Morgan fingerprint density at radius 3 is 2.43 bits per heavy atom. The average molecular weight is 329 g/mol. The van der Waals surface area contributed by atoms with Gasteiger partial charge in [-0.05, 0) is 11.6 Å². The molecule has 1 fully saturated rings. The van der Waals surface area contributed by atoms with Crippen LogP contribution >= 0.6 is 0 Å². The molecule has 0 atom stereocenters. The van der Waals surface area contributed by atoms with E-state index in [0.717, 1.165) is 6.07 Å². The minimum atomic E-state index is -4.35. The van der Waals surface area contributed by atoms with Crippen molar-refractivity contribution in [1.82, 2.24) is 4.90 Å². The first-order valence-electron chi connectivity index (χ1n) is 7.50. The molecule has 1 heterocycles. The number of hydrogen-bond acceptors (Lipinski definition) is 2. The third kappa shape index (κ3) is 4.60. The highest BCUT2D eigenvalue weighted by atomic mass is 19.4. The summed E-state index contributed by atoms with van der Waals surface area (Å²) in [7, 11) is 0. The minimum Gasteiger partial charge on any atom is -0.378 e. The molecule has 0 radical (unpaired) electrons. The summed E-state index contributed by atoms with van der Waals surface area (Å²) in [5.74, 6) is 0.411. The van der Waals surface area contributed by atoms with E-state index in [0.29, 0.717) is 44.4 Å². The van der Waals surface area contributed by atoms with Crippen LogP contribution in [0.5, 0.6) is 0 Å². The molecule has 0 aromatic heterocycles. The van der Waals surface area contributed by atoms with E-state index in [1.807, 2.05) is 18.7 Å². The molecule has 2 N–H and O–H groups in total. The number of alkyl halides is 3. The van der Waals surface area contributed by atoms with Gasteiger partial charge in [-0.25, -0.2) is 0 Å². The standard InChI is InChI=1S/C16H22F3N3O/c1-15(2,11-21-14(20)22-6-8-23-9-7-22)12-4-3-5-13(10-12)16(17,18)19/h3-5,10H,6-9,11H2,1-2H3,(H2,20,21). The van der Waals surface area contributed by atoms with Gasteiger partial charge in [-0.2, -0.15) is 13.2 Å². The number of aliphatic imine (C=N–C) groups is 1. The Bertz CT molecular complexity index is 564. The second-order valence-electron chi connectivity index (χ2n) is 6.24. The average Bonchev–Trinajstić information content (AvgIpc) is 2.53. The number of guanidine groups is 1. The summed E-state index contributed by atoms with van der Waals surface area (Å²) in [5.41, 5.74) is 5.37. The zero-order valence-electron chi connectivity index (χ0n) is 13.4. The van der Waals surface area contributed by atoms with Gasteiger partial charge in [-0.3, -0.25) is 4.99 Å². The van der Waals surface area contributed by atoms with E-state index < -0.39 is 17.2 Å². The molecule has 4 nitrogen and oxygen atoms in total. The lowest BCUT2D eigenvalue weighted by molar-refractivity contribution is -0.137. The number of morpholine rings is 1. The van der Waals surface area contributed by atoms with Crippen LogP contribution in [0.4, 0.5) is 13.2 Å². The highest BCUT2D eigenvalue weighted by Crippen LogP contribution is 2.32. The summed E-state index contributed by atoms with van der Waals surface area (Å²) in [6.45, 7) is 6.60. The van der Waals surface area contributed by atoms with Crippen LogP contribution in [0.15, 0.2) is 29.3 Å². The first-order chi connectivity index (χ1) is 10.7. The molecule has 1 aromatic carbocycles. The third-order valence-corrected chi connectivity index (χ3v) is 3.94. The van der Waals surface area contributed by atoms with Crippen molar-refractivity contribution in [3.8, 4) is 0 Å². The fourth-order valence-electron chi connectivity index (χ4n) is 2.38. The first-order valence-corrected chi connectivity index (χ1v) is 7.50. The lowest BCUT2D eigenvalue weighted by atomic mass is 9.84. The van der Waals surface area contributed by atoms with Crippen LogP contribution in [0.25, 0.3) is 0 Å². The van der Waals surface area contributed by atoms with Crippen molar-refractivity contribution in [1.29, 1.82) is 0 Å². The maximum Gasteiger partial charge on any atom is 0.416 e. The van der Waals surface area contributed by atoms with Gasteiger partial charge in [0, 0.05) is 18.5 Å². The molecule has 1 aromatic rings. The zero-order chi connectivity index (χ0) is 17.1. The molecule has 1 aliphatic rings. The number of benzene rings is 1. The SMILES string of the molecule is CC(C)(CN=C(N)N1CCOCC1)c1cccc(C(F)(F)F)c1. The second-order valence-corrected chi connectivity index (χ2v) is 6.24. The monoisotopic (exact) mass is 329 g/mol. The van der Waals surface area contributed by atoms with Gasteiger partial charge in [0.25, 0.3) is 0 Å². The molecule has 2 rings (SSSR count). The highest BCUT2D eigenvalue weighted by molar-refractivity contribution is 5.78. The summed E-state index contributed by atoms with van der Waals surface area (Å²) in [6.07, 6.45) is -4.35. The van der Waals surface area contributed by atoms with Crippen LogP contribution in [-0.2, 0) is 16.3 Å². The van der Waals surface area contributed by atoms with Crippen LogP contribution in [-0.4, -0.2) is 43.7 Å². The van der Waals surface area contributed by atoms with E-state index in [4.69, 9.17) is 10.5 Å². The predicted octanol–water partition coefficient (Wildman–Crippen LogP) is 2.63. The fourth-order valence-corrected chi connectivity index (χ4v) is 2.38. The molecule has 0 unspecified atom stereocenters. The van der Waals surface area contributed by atoms with Crippen LogP contribution < -0.4 is 5.73 Å². The molecule has 23 heavy (non-hydrogen) atoms. The van der Waals surface area contributed by atoms with Crippen LogP contribution in [0.3, 0.4) is 0 Å². The van der Waals surface area contributed by atoms with Gasteiger partial charge in [-0.1, -0.05) is 32.0 Å². The van der Waals surface area contributed by atoms with E-state index in [1.165, 1.54) is 12.1 Å². The summed E-state index contributed by atoms with van der Waals surface area (Å²) < 4.78 is 43.8. The Kier molecular flexibility index (Phi) is 5.19. The molecule has 7 heteroatoms. The minimum absolute atomic E-state index is 0.317. The molecule has 0 bridgehead atoms. The van der Waals surface area contributed by atoms with Crippen molar-refractivity contribution in [2.24, 2.45) is 10.7 Å². The molecule has 1 saturated heterocycles. The van der Waals surface area contributed by atoms with Crippen LogP contribution in [0.1, 0.15) is 25.0 Å². The molecule has 0 amide bonds. The smallest absolute Gasteiger partial charge is 0.378 e. The molecule has 128 valence electrons. The highest BCUT2D eigenvalue weighted by Gasteiger charge is 2.32. The Hall–Kier alpha value is -1.76. The van der Waals surface area contributed by atoms with Crippen molar-refractivity contribution in [3.63, 3.8) is 0 Å². The van der Waals surface area contributed by atoms with E-state index in [9.17, 15) is 13.2 Å². The van der Waals surface area contributed by atoms with Crippen molar-refractivity contribution >= 4 is 5.96 Å². The second kappa shape index (κ2) is 6.78. The quantitative estimate of drug-likeness (QED) is 0.685. The van der Waals surface area contributed by atoms with Gasteiger partial charge in [0.05, 0.1) is 25.3 Å². The van der Waals surface area contributed by atoms with E-state index in [1.54, 1.807) is 6.07 Å². The maximum absolute atomic E-state index is 12.8. The lowest BCUT2D eigenvalue weighted by Crippen LogP contribution is -2.45. The first kappa shape index (κ1) is 17.6.